The van der Waals surface area contributed by atoms with E-state index in [-0.39, 0.29) is 25.2 Å². The molecule has 0 bridgehead atoms. The summed E-state index contributed by atoms with van der Waals surface area (Å²) in [6.07, 6.45) is 76.4. The van der Waals surface area contributed by atoms with E-state index in [2.05, 4.69) is 93.7 Å². The predicted molar refractivity (Wildman–Crippen MR) is 297 cm³/mol. The largest absolute Gasteiger partial charge is 0.462 e. The van der Waals surface area contributed by atoms with E-state index in [1.165, 1.54) is 180 Å². The van der Waals surface area contributed by atoms with Gasteiger partial charge < -0.3 is 14.2 Å². The summed E-state index contributed by atoms with van der Waals surface area (Å²) in [5, 5.41) is 0. The van der Waals surface area contributed by atoms with Gasteiger partial charge in [-0.3, -0.25) is 9.59 Å². The first kappa shape index (κ1) is 65.3. The molecule has 0 N–H and O–H groups in total. The van der Waals surface area contributed by atoms with Gasteiger partial charge in [-0.25, -0.2) is 0 Å². The van der Waals surface area contributed by atoms with Crippen molar-refractivity contribution in [3.8, 4) is 0 Å². The van der Waals surface area contributed by atoms with Crippen LogP contribution in [0.4, 0.5) is 0 Å². The number of allylic oxidation sites excluding steroid dienone is 12. The van der Waals surface area contributed by atoms with E-state index < -0.39 is 6.10 Å². The second-order valence-corrected chi connectivity index (χ2v) is 19.5. The van der Waals surface area contributed by atoms with Gasteiger partial charge in [-0.15, -0.1) is 0 Å². The second-order valence-electron chi connectivity index (χ2n) is 19.5. The Bertz CT molecular complexity index is 1210. The Kier molecular flexibility index (Phi) is 56.4. The zero-order chi connectivity index (χ0) is 49.2. The van der Waals surface area contributed by atoms with Crippen LogP contribution < -0.4 is 0 Å². The van der Waals surface area contributed by atoms with Crippen LogP contribution >= 0.6 is 0 Å². The fraction of sp³-hybridized carbons (Fsp3) is 0.778. The smallest absolute Gasteiger partial charge is 0.306 e. The molecule has 68 heavy (non-hydrogen) atoms. The molecule has 5 heteroatoms. The third kappa shape index (κ3) is 55.9. The molecule has 0 aromatic carbocycles. The average molecular weight is 950 g/mol. The molecule has 0 aliphatic rings. The number of ether oxygens (including phenoxy) is 3. The van der Waals surface area contributed by atoms with Crippen molar-refractivity contribution in [2.45, 2.75) is 297 Å². The Balaban J connectivity index is 4.29. The molecular weight excluding hydrogens is 837 g/mol. The van der Waals surface area contributed by atoms with Crippen LogP contribution in [0.1, 0.15) is 290 Å². The van der Waals surface area contributed by atoms with Crippen LogP contribution in [0, 0.1) is 0 Å². The third-order valence-electron chi connectivity index (χ3n) is 12.7. The normalized spacial score (nSPS) is 12.7. The average Bonchev–Trinajstić information content (AvgIpc) is 3.34. The quantitative estimate of drug-likeness (QED) is 0.0345. The van der Waals surface area contributed by atoms with Crippen molar-refractivity contribution in [3.05, 3.63) is 72.9 Å². The van der Waals surface area contributed by atoms with Gasteiger partial charge >= 0.3 is 11.9 Å². The Morgan fingerprint density at radius 1 is 0.338 bits per heavy atom. The molecule has 0 aliphatic carbocycles. The molecule has 0 fully saturated rings. The fourth-order valence-electron chi connectivity index (χ4n) is 8.32. The zero-order valence-corrected chi connectivity index (χ0v) is 45.4. The van der Waals surface area contributed by atoms with E-state index in [1.807, 2.05) is 0 Å². The fourth-order valence-corrected chi connectivity index (χ4v) is 8.32. The number of unbranched alkanes of at least 4 members (excludes halogenated alkanes) is 31. The Morgan fingerprint density at radius 2 is 0.662 bits per heavy atom. The minimum absolute atomic E-state index is 0.0751. The van der Waals surface area contributed by atoms with Gasteiger partial charge in [0, 0.05) is 19.4 Å². The van der Waals surface area contributed by atoms with E-state index in [9.17, 15) is 9.59 Å². The van der Waals surface area contributed by atoms with Gasteiger partial charge in [-0.1, -0.05) is 241 Å². The first-order valence-electron chi connectivity index (χ1n) is 29.5. The molecule has 0 spiro atoms. The van der Waals surface area contributed by atoms with E-state index in [0.717, 1.165) is 77.0 Å². The first-order valence-corrected chi connectivity index (χ1v) is 29.5. The molecule has 0 aromatic rings. The molecule has 5 nitrogen and oxygen atoms in total. The van der Waals surface area contributed by atoms with Crippen LogP contribution in [-0.2, 0) is 23.8 Å². The molecule has 1 atom stereocenters. The minimum Gasteiger partial charge on any atom is -0.462 e. The number of hydrogen-bond donors (Lipinski definition) is 0. The van der Waals surface area contributed by atoms with Crippen molar-refractivity contribution in [2.75, 3.05) is 19.8 Å². The van der Waals surface area contributed by atoms with Crippen LogP contribution in [0.2, 0.25) is 0 Å². The summed E-state index contributed by atoms with van der Waals surface area (Å²) in [5.41, 5.74) is 0. The highest BCUT2D eigenvalue weighted by molar-refractivity contribution is 5.70. The van der Waals surface area contributed by atoms with Crippen molar-refractivity contribution in [1.29, 1.82) is 0 Å². The third-order valence-corrected chi connectivity index (χ3v) is 12.7. The van der Waals surface area contributed by atoms with Gasteiger partial charge in [0.1, 0.15) is 6.61 Å². The van der Waals surface area contributed by atoms with Crippen molar-refractivity contribution in [2.24, 2.45) is 0 Å². The minimum atomic E-state index is -0.551. The Morgan fingerprint density at radius 3 is 1.10 bits per heavy atom. The lowest BCUT2D eigenvalue weighted by Gasteiger charge is -2.18. The topological polar surface area (TPSA) is 61.8 Å². The van der Waals surface area contributed by atoms with E-state index in [4.69, 9.17) is 14.2 Å². The molecule has 0 aromatic heterocycles. The highest BCUT2D eigenvalue weighted by Gasteiger charge is 2.17. The van der Waals surface area contributed by atoms with Crippen LogP contribution in [0.25, 0.3) is 0 Å². The van der Waals surface area contributed by atoms with E-state index in [0.29, 0.717) is 19.4 Å². The maximum atomic E-state index is 12.9. The number of rotatable bonds is 54. The molecule has 1 unspecified atom stereocenters. The van der Waals surface area contributed by atoms with Crippen LogP contribution in [0.3, 0.4) is 0 Å². The molecule has 0 saturated heterocycles. The molecule has 0 amide bonds. The van der Waals surface area contributed by atoms with Crippen molar-refractivity contribution in [1.82, 2.24) is 0 Å². The van der Waals surface area contributed by atoms with Crippen LogP contribution in [0.5, 0.6) is 0 Å². The Labute approximate surface area is 423 Å². The molecular formula is C63H112O5. The van der Waals surface area contributed by atoms with E-state index in [1.54, 1.807) is 0 Å². The van der Waals surface area contributed by atoms with E-state index >= 15 is 0 Å². The second kappa shape index (κ2) is 58.7. The van der Waals surface area contributed by atoms with Gasteiger partial charge in [-0.05, 0) is 109 Å². The lowest BCUT2D eigenvalue weighted by molar-refractivity contribution is -0.163. The van der Waals surface area contributed by atoms with Crippen LogP contribution in [0.15, 0.2) is 72.9 Å². The molecule has 0 heterocycles. The van der Waals surface area contributed by atoms with Gasteiger partial charge in [0.15, 0.2) is 6.10 Å². The molecule has 0 aliphatic heterocycles. The SMILES string of the molecule is CC/C=C\C/C=C\C/C=C\CCCCCCCCCC(=O)OC(COCCCCCCCC/C=C\C/C=C\CCCCC)COC(=O)CCCCCCCCCCC/C=C\CCCCCCCC. The summed E-state index contributed by atoms with van der Waals surface area (Å²) in [7, 11) is 0. The number of esters is 2. The van der Waals surface area contributed by atoms with Gasteiger partial charge in [-0.2, -0.15) is 0 Å². The molecule has 0 rings (SSSR count). The Hall–Kier alpha value is -2.66. The van der Waals surface area contributed by atoms with Crippen molar-refractivity contribution in [3.63, 3.8) is 0 Å². The highest BCUT2D eigenvalue weighted by Crippen LogP contribution is 2.15. The number of carbonyl (C=O) groups excluding carboxylic acids is 2. The standard InChI is InChI=1S/C63H112O5/c1-4-7-10-13-16-19-22-25-28-31-32-34-35-38-41-44-47-50-53-56-62(64)67-60-61(59-66-58-55-52-49-46-43-40-37-30-27-24-21-18-15-12-9-6-3)68-63(65)57-54-51-48-45-42-39-36-33-29-26-23-20-17-14-11-8-5-2/h8,11,17-18,20-21,25-30,61H,4-7,9-10,12-16,19,22-24,31-60H2,1-3H3/b11-8-,20-17-,21-18-,28-25-,29-26-,30-27-. The summed E-state index contributed by atoms with van der Waals surface area (Å²) in [4.78, 5) is 25.6. The maximum absolute atomic E-state index is 12.9. The summed E-state index contributed by atoms with van der Waals surface area (Å²) in [5.74, 6) is -0.408. The zero-order valence-electron chi connectivity index (χ0n) is 45.4. The van der Waals surface area contributed by atoms with Crippen molar-refractivity contribution >= 4 is 11.9 Å². The monoisotopic (exact) mass is 949 g/mol. The van der Waals surface area contributed by atoms with Crippen LogP contribution in [-0.4, -0.2) is 37.9 Å². The van der Waals surface area contributed by atoms with Gasteiger partial charge in [0.25, 0.3) is 0 Å². The molecule has 0 radical (unpaired) electrons. The maximum Gasteiger partial charge on any atom is 0.306 e. The summed E-state index contributed by atoms with van der Waals surface area (Å²) in [6, 6.07) is 0. The number of carbonyl (C=O) groups is 2. The summed E-state index contributed by atoms with van der Waals surface area (Å²) >= 11 is 0. The molecule has 394 valence electrons. The van der Waals surface area contributed by atoms with Crippen molar-refractivity contribution < 1.29 is 23.8 Å². The first-order chi connectivity index (χ1) is 33.6. The lowest BCUT2D eigenvalue weighted by Crippen LogP contribution is -2.30. The summed E-state index contributed by atoms with van der Waals surface area (Å²) < 4.78 is 17.5. The number of hydrogen-bond acceptors (Lipinski definition) is 5. The highest BCUT2D eigenvalue weighted by atomic mass is 16.6. The summed E-state index contributed by atoms with van der Waals surface area (Å²) in [6.45, 7) is 7.69. The van der Waals surface area contributed by atoms with Gasteiger partial charge in [0.2, 0.25) is 0 Å². The lowest BCUT2D eigenvalue weighted by atomic mass is 10.1. The van der Waals surface area contributed by atoms with Gasteiger partial charge in [0.05, 0.1) is 6.61 Å². The predicted octanol–water partition coefficient (Wildman–Crippen LogP) is 20.2. The molecule has 0 saturated carbocycles.